The van der Waals surface area contributed by atoms with Gasteiger partial charge >= 0.3 is 0 Å². The molecule has 1 N–H and O–H groups in total. The molecule has 1 aromatic rings. The van der Waals surface area contributed by atoms with Crippen molar-refractivity contribution in [1.29, 1.82) is 0 Å². The Morgan fingerprint density at radius 1 is 1.47 bits per heavy atom. The smallest absolute Gasteiger partial charge is 0.268 e. The summed E-state index contributed by atoms with van der Waals surface area (Å²) in [6.45, 7) is 5.11. The van der Waals surface area contributed by atoms with Crippen LogP contribution in [0.4, 0.5) is 0 Å². The van der Waals surface area contributed by atoms with Gasteiger partial charge in [-0.3, -0.25) is 4.79 Å². The molecular weight excluding hydrogens is 306 g/mol. The van der Waals surface area contributed by atoms with E-state index < -0.39 is 0 Å². The number of aryl methyl sites for hydroxylation is 1. The Balaban J connectivity index is 1.99. The van der Waals surface area contributed by atoms with Crippen LogP contribution in [0.1, 0.15) is 36.7 Å². The summed E-state index contributed by atoms with van der Waals surface area (Å²) in [5.41, 5.74) is 0.757. The highest BCUT2D eigenvalue weighted by molar-refractivity contribution is 9.10. The monoisotopic (exact) mass is 327 g/mol. The lowest BCUT2D eigenvalue weighted by Crippen LogP contribution is -2.43. The van der Waals surface area contributed by atoms with E-state index in [1.807, 2.05) is 16.8 Å². The van der Waals surface area contributed by atoms with Crippen molar-refractivity contribution in [3.63, 3.8) is 0 Å². The molecule has 1 fully saturated rings. The Morgan fingerprint density at radius 3 is 2.79 bits per heavy atom. The van der Waals surface area contributed by atoms with E-state index in [1.165, 1.54) is 0 Å². The number of likely N-dealkylation sites (tertiary alicyclic amines) is 1. The maximum absolute atomic E-state index is 12.3. The van der Waals surface area contributed by atoms with Crippen LogP contribution in [-0.4, -0.2) is 41.6 Å². The van der Waals surface area contributed by atoms with Crippen LogP contribution in [0.15, 0.2) is 16.7 Å². The first-order valence-electron chi connectivity index (χ1n) is 6.95. The molecule has 0 saturated carbocycles. The van der Waals surface area contributed by atoms with E-state index in [0.29, 0.717) is 6.04 Å². The number of nitrogens with zero attached hydrogens (tertiary/aromatic N) is 2. The van der Waals surface area contributed by atoms with Gasteiger partial charge in [-0.25, -0.2) is 0 Å². The molecule has 1 amide bonds. The van der Waals surface area contributed by atoms with Crippen molar-refractivity contribution in [2.45, 2.75) is 38.8 Å². The Bertz CT molecular complexity index is 436. The first kappa shape index (κ1) is 14.6. The molecule has 0 aliphatic carbocycles. The molecule has 4 nitrogen and oxygen atoms in total. The van der Waals surface area contributed by atoms with Gasteiger partial charge in [-0.2, -0.15) is 0 Å². The molecule has 1 aromatic heterocycles. The fraction of sp³-hybridized carbons (Fsp3) is 0.643. The minimum Gasteiger partial charge on any atom is -0.348 e. The Kier molecular flexibility index (Phi) is 5.05. The zero-order chi connectivity index (χ0) is 13.8. The van der Waals surface area contributed by atoms with Crippen molar-refractivity contribution in [2.24, 2.45) is 0 Å². The van der Waals surface area contributed by atoms with Crippen LogP contribution in [0.5, 0.6) is 0 Å². The van der Waals surface area contributed by atoms with Gasteiger partial charge in [0.2, 0.25) is 0 Å². The number of amides is 1. The highest BCUT2D eigenvalue weighted by Crippen LogP contribution is 2.16. The Morgan fingerprint density at radius 2 is 2.16 bits per heavy atom. The summed E-state index contributed by atoms with van der Waals surface area (Å²) < 4.78 is 2.99. The third-order valence-electron chi connectivity index (χ3n) is 3.61. The van der Waals surface area contributed by atoms with Crippen LogP contribution >= 0.6 is 15.9 Å². The largest absolute Gasteiger partial charge is 0.348 e. The Labute approximate surface area is 123 Å². The molecule has 1 saturated heterocycles. The molecule has 106 valence electrons. The molecule has 0 radical (unpaired) electrons. The van der Waals surface area contributed by atoms with Gasteiger partial charge in [0, 0.05) is 23.3 Å². The summed E-state index contributed by atoms with van der Waals surface area (Å²) in [5, 5.41) is 3.16. The summed E-state index contributed by atoms with van der Waals surface area (Å²) >= 11 is 3.45. The third kappa shape index (κ3) is 3.83. The van der Waals surface area contributed by atoms with Gasteiger partial charge < -0.3 is 14.8 Å². The average Bonchev–Trinajstić information content (AvgIpc) is 2.74. The lowest BCUT2D eigenvalue weighted by molar-refractivity contribution is 0.0907. The van der Waals surface area contributed by atoms with Gasteiger partial charge in [-0.1, -0.05) is 6.92 Å². The lowest BCUT2D eigenvalue weighted by Gasteiger charge is -2.29. The second-order valence-corrected chi connectivity index (χ2v) is 6.20. The molecule has 0 spiro atoms. The van der Waals surface area contributed by atoms with E-state index in [2.05, 4.69) is 40.1 Å². The zero-order valence-corrected chi connectivity index (χ0v) is 13.2. The first-order chi connectivity index (χ1) is 9.10. The van der Waals surface area contributed by atoms with Crippen LogP contribution < -0.4 is 5.32 Å². The Hall–Kier alpha value is -0.810. The number of nitrogens with one attached hydrogen (secondary N) is 1. The molecule has 0 bridgehead atoms. The zero-order valence-electron chi connectivity index (χ0n) is 11.7. The molecule has 0 aromatic carbocycles. The number of hydrogen-bond acceptors (Lipinski definition) is 2. The van der Waals surface area contributed by atoms with Crippen LogP contribution in [0.25, 0.3) is 0 Å². The SMILES string of the molecule is CCCn1cc(Br)cc1C(=O)NC1CCN(C)CC1. The van der Waals surface area contributed by atoms with Gasteiger partial charge in [0.1, 0.15) is 5.69 Å². The van der Waals surface area contributed by atoms with Crippen LogP contribution in [0, 0.1) is 0 Å². The second-order valence-electron chi connectivity index (χ2n) is 5.29. The molecule has 2 heterocycles. The fourth-order valence-corrected chi connectivity index (χ4v) is 2.97. The predicted octanol–water partition coefficient (Wildman–Crippen LogP) is 2.48. The quantitative estimate of drug-likeness (QED) is 0.922. The standard InChI is InChI=1S/C14H22BrN3O/c1-3-6-18-10-11(15)9-13(18)14(19)16-12-4-7-17(2)8-5-12/h9-10,12H,3-8H2,1-2H3,(H,16,19). The molecule has 2 rings (SSSR count). The van der Waals surface area contributed by atoms with Crippen molar-refractivity contribution in [1.82, 2.24) is 14.8 Å². The number of carbonyl (C=O) groups excluding carboxylic acids is 1. The van der Waals surface area contributed by atoms with E-state index in [-0.39, 0.29) is 5.91 Å². The van der Waals surface area contributed by atoms with Crippen molar-refractivity contribution in [2.75, 3.05) is 20.1 Å². The minimum atomic E-state index is 0.0497. The summed E-state index contributed by atoms with van der Waals surface area (Å²) in [7, 11) is 2.13. The van der Waals surface area contributed by atoms with E-state index in [1.54, 1.807) is 0 Å². The molecule has 5 heteroatoms. The molecule has 0 atom stereocenters. The molecule has 19 heavy (non-hydrogen) atoms. The molecule has 1 aliphatic heterocycles. The highest BCUT2D eigenvalue weighted by atomic mass is 79.9. The highest BCUT2D eigenvalue weighted by Gasteiger charge is 2.20. The predicted molar refractivity (Wildman–Crippen MR) is 80.4 cm³/mol. The molecule has 1 aliphatic rings. The molecular formula is C14H22BrN3O. The number of piperidine rings is 1. The minimum absolute atomic E-state index is 0.0497. The van der Waals surface area contributed by atoms with Gasteiger partial charge in [-0.15, -0.1) is 0 Å². The van der Waals surface area contributed by atoms with Gasteiger partial charge in [0.25, 0.3) is 5.91 Å². The third-order valence-corrected chi connectivity index (χ3v) is 4.05. The molecule has 0 unspecified atom stereocenters. The number of hydrogen-bond donors (Lipinski definition) is 1. The number of rotatable bonds is 4. The summed E-state index contributed by atoms with van der Waals surface area (Å²) in [6, 6.07) is 2.22. The second kappa shape index (κ2) is 6.57. The van der Waals surface area contributed by atoms with Gasteiger partial charge in [0.05, 0.1) is 0 Å². The van der Waals surface area contributed by atoms with E-state index in [0.717, 1.165) is 49.1 Å². The van der Waals surface area contributed by atoms with Crippen molar-refractivity contribution < 1.29 is 4.79 Å². The van der Waals surface area contributed by atoms with Crippen LogP contribution in [0.2, 0.25) is 0 Å². The number of aromatic nitrogens is 1. The topological polar surface area (TPSA) is 37.3 Å². The first-order valence-corrected chi connectivity index (χ1v) is 7.74. The van der Waals surface area contributed by atoms with Gasteiger partial charge in [-0.05, 0) is 61.4 Å². The normalized spacial score (nSPS) is 17.6. The maximum Gasteiger partial charge on any atom is 0.268 e. The van der Waals surface area contributed by atoms with Crippen molar-refractivity contribution >= 4 is 21.8 Å². The lowest BCUT2D eigenvalue weighted by atomic mass is 10.1. The summed E-state index contributed by atoms with van der Waals surface area (Å²) in [5.74, 6) is 0.0497. The van der Waals surface area contributed by atoms with Crippen LogP contribution in [-0.2, 0) is 6.54 Å². The van der Waals surface area contributed by atoms with Crippen molar-refractivity contribution in [3.8, 4) is 0 Å². The summed E-state index contributed by atoms with van der Waals surface area (Å²) in [6.07, 6.45) is 5.08. The number of carbonyl (C=O) groups is 1. The van der Waals surface area contributed by atoms with Gasteiger partial charge in [0.15, 0.2) is 0 Å². The van der Waals surface area contributed by atoms with E-state index >= 15 is 0 Å². The van der Waals surface area contributed by atoms with Crippen LogP contribution in [0.3, 0.4) is 0 Å². The van der Waals surface area contributed by atoms with E-state index in [9.17, 15) is 4.79 Å². The number of halogens is 1. The van der Waals surface area contributed by atoms with E-state index in [4.69, 9.17) is 0 Å². The maximum atomic E-state index is 12.3. The summed E-state index contributed by atoms with van der Waals surface area (Å²) in [4.78, 5) is 14.6. The fourth-order valence-electron chi connectivity index (χ4n) is 2.50. The average molecular weight is 328 g/mol. The van der Waals surface area contributed by atoms with Crippen molar-refractivity contribution in [3.05, 3.63) is 22.4 Å².